The molecule has 0 bridgehead atoms. The summed E-state index contributed by atoms with van der Waals surface area (Å²) in [4.78, 5) is 27.4. The van der Waals surface area contributed by atoms with Crippen molar-refractivity contribution in [3.05, 3.63) is 58.8 Å². The molecule has 0 fully saturated rings. The van der Waals surface area contributed by atoms with Crippen molar-refractivity contribution in [1.29, 1.82) is 0 Å². The molecule has 0 radical (unpaired) electrons. The van der Waals surface area contributed by atoms with Gasteiger partial charge in [-0.25, -0.2) is 4.79 Å². The predicted molar refractivity (Wildman–Crippen MR) is 104 cm³/mol. The highest BCUT2D eigenvalue weighted by Gasteiger charge is 2.33. The number of amides is 1. The zero-order valence-corrected chi connectivity index (χ0v) is 16.6. The Balaban J connectivity index is 1.47. The van der Waals surface area contributed by atoms with Crippen LogP contribution < -0.4 is 0 Å². The van der Waals surface area contributed by atoms with Crippen molar-refractivity contribution in [1.82, 2.24) is 15.1 Å². The largest absolute Gasteiger partial charge is 0.453 e. The van der Waals surface area contributed by atoms with Crippen LogP contribution in [0.2, 0.25) is 0 Å². The van der Waals surface area contributed by atoms with Gasteiger partial charge in [-0.2, -0.15) is 0 Å². The van der Waals surface area contributed by atoms with Crippen LogP contribution in [0.25, 0.3) is 10.8 Å². The summed E-state index contributed by atoms with van der Waals surface area (Å²) in [6.07, 6.45) is -0.557. The number of aromatic nitrogens is 2. The average Bonchev–Trinajstić information content (AvgIpc) is 3.46. The van der Waals surface area contributed by atoms with E-state index in [0.717, 1.165) is 10.4 Å². The molecule has 150 valence electrons. The Labute approximate surface area is 171 Å². The van der Waals surface area contributed by atoms with Crippen molar-refractivity contribution >= 4 is 23.2 Å². The van der Waals surface area contributed by atoms with Crippen LogP contribution >= 0.6 is 11.3 Å². The average molecular weight is 413 g/mol. The van der Waals surface area contributed by atoms with Gasteiger partial charge in [-0.1, -0.05) is 24.3 Å². The number of cyclic esters (lactones) is 1. The van der Waals surface area contributed by atoms with E-state index in [0.29, 0.717) is 30.5 Å². The molecular formula is C20H19N3O5S. The summed E-state index contributed by atoms with van der Waals surface area (Å²) >= 11 is 1.50. The van der Waals surface area contributed by atoms with Gasteiger partial charge in [0.15, 0.2) is 0 Å². The number of methoxy groups -OCH3 is 1. The third-order valence-electron chi connectivity index (χ3n) is 4.58. The molecule has 0 aliphatic carbocycles. The maximum absolute atomic E-state index is 13.0. The monoisotopic (exact) mass is 413 g/mol. The van der Waals surface area contributed by atoms with Crippen molar-refractivity contribution in [3.8, 4) is 10.8 Å². The lowest BCUT2D eigenvalue weighted by atomic mass is 10.0. The molecule has 2 aromatic heterocycles. The van der Waals surface area contributed by atoms with Gasteiger partial charge in [0.25, 0.3) is 5.89 Å². The quantitative estimate of drug-likeness (QED) is 0.524. The van der Waals surface area contributed by atoms with Crippen LogP contribution in [0.1, 0.15) is 34.3 Å². The van der Waals surface area contributed by atoms with Gasteiger partial charge in [-0.3, -0.25) is 4.79 Å². The Bertz CT molecular complexity index is 1000. The van der Waals surface area contributed by atoms with Crippen LogP contribution in [-0.4, -0.2) is 47.2 Å². The van der Waals surface area contributed by atoms with E-state index < -0.39 is 12.1 Å². The minimum Gasteiger partial charge on any atom is -0.453 e. The highest BCUT2D eigenvalue weighted by atomic mass is 32.1. The standard InChI is InChI=1S/C20H19N3O5S/c1-26-9-8-23(12-17-21-22-19(28-17)16-7-4-10-29-16)18(24)11-15-13-5-2-3-6-14(13)20(25)27-15/h2-7,10,15H,8-9,11-12H2,1H3/t15-/m1/s1. The summed E-state index contributed by atoms with van der Waals surface area (Å²) in [5.41, 5.74) is 1.24. The third-order valence-corrected chi connectivity index (χ3v) is 5.44. The van der Waals surface area contributed by atoms with E-state index in [9.17, 15) is 9.59 Å². The van der Waals surface area contributed by atoms with Gasteiger partial charge < -0.3 is 18.8 Å². The summed E-state index contributed by atoms with van der Waals surface area (Å²) in [6, 6.07) is 10.9. The fourth-order valence-corrected chi connectivity index (χ4v) is 3.78. The lowest BCUT2D eigenvalue weighted by Gasteiger charge is -2.22. The molecule has 1 aliphatic heterocycles. The smallest absolute Gasteiger partial charge is 0.339 e. The Kier molecular flexibility index (Phi) is 5.68. The zero-order valence-electron chi connectivity index (χ0n) is 15.7. The predicted octanol–water partition coefficient (Wildman–Crippen LogP) is 3.07. The first-order valence-electron chi connectivity index (χ1n) is 9.08. The van der Waals surface area contributed by atoms with Crippen LogP contribution in [0.4, 0.5) is 0 Å². The molecule has 8 nitrogen and oxygen atoms in total. The molecule has 3 heterocycles. The van der Waals surface area contributed by atoms with Gasteiger partial charge in [0.1, 0.15) is 6.10 Å². The number of benzene rings is 1. The van der Waals surface area contributed by atoms with Crippen molar-refractivity contribution < 1.29 is 23.5 Å². The summed E-state index contributed by atoms with van der Waals surface area (Å²) in [5, 5.41) is 10.0. The molecule has 0 N–H and O–H groups in total. The van der Waals surface area contributed by atoms with E-state index in [1.807, 2.05) is 29.6 Å². The van der Waals surface area contributed by atoms with Crippen LogP contribution in [0, 0.1) is 0 Å². The number of hydrogen-bond donors (Lipinski definition) is 0. The van der Waals surface area contributed by atoms with E-state index in [4.69, 9.17) is 13.9 Å². The van der Waals surface area contributed by atoms with E-state index in [1.54, 1.807) is 24.1 Å². The Morgan fingerprint density at radius 1 is 1.24 bits per heavy atom. The number of nitrogens with zero attached hydrogens (tertiary/aromatic N) is 3. The fraction of sp³-hybridized carbons (Fsp3) is 0.300. The minimum atomic E-state index is -0.597. The summed E-state index contributed by atoms with van der Waals surface area (Å²) < 4.78 is 16.2. The zero-order chi connectivity index (χ0) is 20.2. The number of esters is 1. The first kappa shape index (κ1) is 19.3. The molecule has 0 unspecified atom stereocenters. The molecule has 3 aromatic rings. The van der Waals surface area contributed by atoms with Gasteiger partial charge in [0.2, 0.25) is 11.8 Å². The van der Waals surface area contributed by atoms with Crippen LogP contribution in [0.15, 0.2) is 46.2 Å². The van der Waals surface area contributed by atoms with Gasteiger partial charge >= 0.3 is 5.97 Å². The third kappa shape index (κ3) is 4.20. The lowest BCUT2D eigenvalue weighted by Crippen LogP contribution is -2.34. The Morgan fingerprint density at radius 3 is 2.90 bits per heavy atom. The van der Waals surface area contributed by atoms with Crippen molar-refractivity contribution in [2.45, 2.75) is 19.1 Å². The molecule has 0 saturated heterocycles. The van der Waals surface area contributed by atoms with Crippen LogP contribution in [-0.2, 0) is 20.8 Å². The van der Waals surface area contributed by atoms with Crippen LogP contribution in [0.5, 0.6) is 0 Å². The molecular weight excluding hydrogens is 394 g/mol. The molecule has 1 amide bonds. The van der Waals surface area contributed by atoms with Gasteiger partial charge in [-0.05, 0) is 17.5 Å². The number of ether oxygens (including phenoxy) is 2. The van der Waals surface area contributed by atoms with Crippen molar-refractivity contribution in [3.63, 3.8) is 0 Å². The highest BCUT2D eigenvalue weighted by Crippen LogP contribution is 2.33. The molecule has 4 rings (SSSR count). The Morgan fingerprint density at radius 2 is 2.10 bits per heavy atom. The van der Waals surface area contributed by atoms with Crippen LogP contribution in [0.3, 0.4) is 0 Å². The van der Waals surface area contributed by atoms with E-state index >= 15 is 0 Å². The van der Waals surface area contributed by atoms with E-state index in [1.165, 1.54) is 11.3 Å². The SMILES string of the molecule is COCCN(Cc1nnc(-c2cccs2)o1)C(=O)C[C@H]1OC(=O)c2ccccc21. The number of thiophene rings is 1. The normalized spacial score (nSPS) is 15.2. The summed E-state index contributed by atoms with van der Waals surface area (Å²) in [7, 11) is 1.57. The van der Waals surface area contributed by atoms with Gasteiger partial charge in [0, 0.05) is 19.2 Å². The number of hydrogen-bond acceptors (Lipinski definition) is 8. The topological polar surface area (TPSA) is 94.8 Å². The lowest BCUT2D eigenvalue weighted by molar-refractivity contribution is -0.134. The fourth-order valence-electron chi connectivity index (χ4n) is 3.13. The first-order chi connectivity index (χ1) is 14.2. The maximum Gasteiger partial charge on any atom is 0.339 e. The second-order valence-corrected chi connectivity index (χ2v) is 7.42. The number of carbonyl (C=O) groups is 2. The minimum absolute atomic E-state index is 0.0401. The number of carbonyl (C=O) groups excluding carboxylic acids is 2. The maximum atomic E-state index is 13.0. The van der Waals surface area contributed by atoms with Gasteiger partial charge in [-0.15, -0.1) is 21.5 Å². The molecule has 9 heteroatoms. The second kappa shape index (κ2) is 8.54. The van der Waals surface area contributed by atoms with Gasteiger partial charge in [0.05, 0.1) is 30.0 Å². The second-order valence-electron chi connectivity index (χ2n) is 6.47. The number of rotatable bonds is 8. The molecule has 0 saturated carbocycles. The molecule has 1 aromatic carbocycles. The van der Waals surface area contributed by atoms with Crippen molar-refractivity contribution in [2.24, 2.45) is 0 Å². The van der Waals surface area contributed by atoms with E-state index in [-0.39, 0.29) is 18.9 Å². The van der Waals surface area contributed by atoms with Crippen molar-refractivity contribution in [2.75, 3.05) is 20.3 Å². The molecule has 1 aliphatic rings. The first-order valence-corrected chi connectivity index (χ1v) is 9.96. The molecule has 0 spiro atoms. The molecule has 29 heavy (non-hydrogen) atoms. The Hall–Kier alpha value is -3.04. The summed E-state index contributed by atoms with van der Waals surface area (Å²) in [5.74, 6) is 0.168. The highest BCUT2D eigenvalue weighted by molar-refractivity contribution is 7.13. The summed E-state index contributed by atoms with van der Waals surface area (Å²) in [6.45, 7) is 0.871. The number of fused-ring (bicyclic) bond motifs is 1. The molecule has 1 atom stereocenters. The van der Waals surface area contributed by atoms with E-state index in [2.05, 4.69) is 10.2 Å².